The van der Waals surface area contributed by atoms with Crippen LogP contribution >= 0.6 is 0 Å². The molecule has 2 heterocycles. The molecule has 0 aromatic carbocycles. The molecule has 5 nitrogen and oxygen atoms in total. The van der Waals surface area contributed by atoms with Gasteiger partial charge < -0.3 is 5.11 Å². The lowest BCUT2D eigenvalue weighted by molar-refractivity contribution is 0.0690. The SMILES string of the molecule is O=C(O)c1cc(=O)n2cc(F)ccc2n1. The lowest BCUT2D eigenvalue weighted by Crippen LogP contribution is -2.17. The summed E-state index contributed by atoms with van der Waals surface area (Å²) in [5.74, 6) is -1.88. The molecule has 0 saturated heterocycles. The molecule has 0 unspecified atom stereocenters. The van der Waals surface area contributed by atoms with Crippen molar-refractivity contribution in [3.8, 4) is 0 Å². The van der Waals surface area contributed by atoms with Crippen LogP contribution in [0.3, 0.4) is 0 Å². The molecule has 1 N–H and O–H groups in total. The third-order valence-electron chi connectivity index (χ3n) is 1.84. The summed E-state index contributed by atoms with van der Waals surface area (Å²) < 4.78 is 13.7. The van der Waals surface area contributed by atoms with E-state index in [4.69, 9.17) is 5.11 Å². The van der Waals surface area contributed by atoms with Gasteiger partial charge in [-0.3, -0.25) is 9.20 Å². The standard InChI is InChI=1S/C9H5FN2O3/c10-5-1-2-7-11-6(9(14)15)3-8(13)12(7)4-5/h1-4H,(H,14,15). The van der Waals surface area contributed by atoms with Crippen molar-refractivity contribution in [2.45, 2.75) is 0 Å². The van der Waals surface area contributed by atoms with E-state index in [9.17, 15) is 14.0 Å². The number of carboxylic acids is 1. The van der Waals surface area contributed by atoms with E-state index in [-0.39, 0.29) is 11.3 Å². The van der Waals surface area contributed by atoms with Gasteiger partial charge in [0, 0.05) is 12.3 Å². The van der Waals surface area contributed by atoms with Gasteiger partial charge in [0.1, 0.15) is 11.5 Å². The van der Waals surface area contributed by atoms with Crippen LogP contribution in [-0.4, -0.2) is 20.5 Å². The Hall–Kier alpha value is -2.24. The summed E-state index contributed by atoms with van der Waals surface area (Å²) >= 11 is 0. The van der Waals surface area contributed by atoms with Crippen LogP contribution in [0.2, 0.25) is 0 Å². The van der Waals surface area contributed by atoms with Crippen LogP contribution in [0.4, 0.5) is 4.39 Å². The van der Waals surface area contributed by atoms with Crippen LogP contribution in [0.25, 0.3) is 5.65 Å². The zero-order chi connectivity index (χ0) is 11.0. The summed E-state index contributed by atoms with van der Waals surface area (Å²) in [5.41, 5.74) is -0.884. The number of fused-ring (bicyclic) bond motifs is 1. The second kappa shape index (κ2) is 3.16. The Morgan fingerprint density at radius 3 is 2.87 bits per heavy atom. The van der Waals surface area contributed by atoms with Gasteiger partial charge in [-0.1, -0.05) is 0 Å². The fraction of sp³-hybridized carbons (Fsp3) is 0. The van der Waals surface area contributed by atoms with Gasteiger partial charge in [-0.15, -0.1) is 0 Å². The summed E-state index contributed by atoms with van der Waals surface area (Å²) in [5, 5.41) is 8.64. The number of carboxylic acid groups (broad SMARTS) is 1. The molecule has 2 aromatic rings. The molecule has 76 valence electrons. The predicted octanol–water partition coefficient (Wildman–Crippen LogP) is 0.532. The Labute approximate surface area is 82.4 Å². The minimum Gasteiger partial charge on any atom is -0.477 e. The molecule has 0 amide bonds. The van der Waals surface area contributed by atoms with Crippen molar-refractivity contribution in [3.05, 3.63) is 46.3 Å². The average molecular weight is 208 g/mol. The van der Waals surface area contributed by atoms with Crippen LogP contribution in [0.5, 0.6) is 0 Å². The number of hydrogen-bond acceptors (Lipinski definition) is 3. The summed E-state index contributed by atoms with van der Waals surface area (Å²) in [6, 6.07) is 3.19. The fourth-order valence-corrected chi connectivity index (χ4v) is 1.19. The molecule has 0 saturated carbocycles. The Kier molecular flexibility index (Phi) is 1.96. The molecule has 0 radical (unpaired) electrons. The van der Waals surface area contributed by atoms with Crippen molar-refractivity contribution in [2.24, 2.45) is 0 Å². The highest BCUT2D eigenvalue weighted by Gasteiger charge is 2.08. The van der Waals surface area contributed by atoms with E-state index in [0.717, 1.165) is 22.7 Å². The topological polar surface area (TPSA) is 71.7 Å². The number of rotatable bonds is 1. The van der Waals surface area contributed by atoms with Crippen molar-refractivity contribution in [1.29, 1.82) is 0 Å². The fourth-order valence-electron chi connectivity index (χ4n) is 1.19. The first-order valence-corrected chi connectivity index (χ1v) is 4.00. The lowest BCUT2D eigenvalue weighted by atomic mass is 10.3. The average Bonchev–Trinajstić information content (AvgIpc) is 2.18. The van der Waals surface area contributed by atoms with Gasteiger partial charge in [0.15, 0.2) is 5.69 Å². The van der Waals surface area contributed by atoms with E-state index in [2.05, 4.69) is 4.98 Å². The summed E-state index contributed by atoms with van der Waals surface area (Å²) in [6.45, 7) is 0. The second-order valence-corrected chi connectivity index (χ2v) is 2.86. The Balaban J connectivity index is 2.84. The smallest absolute Gasteiger partial charge is 0.354 e. The molecule has 2 aromatic heterocycles. The van der Waals surface area contributed by atoms with Gasteiger partial charge in [0.05, 0.1) is 0 Å². The first-order valence-electron chi connectivity index (χ1n) is 4.00. The van der Waals surface area contributed by atoms with Crippen LogP contribution in [-0.2, 0) is 0 Å². The molecule has 0 fully saturated rings. The Morgan fingerprint density at radius 2 is 2.20 bits per heavy atom. The number of aromatic nitrogens is 2. The van der Waals surface area contributed by atoms with Crippen LogP contribution in [0.15, 0.2) is 29.2 Å². The van der Waals surface area contributed by atoms with Gasteiger partial charge >= 0.3 is 5.97 Å². The van der Waals surface area contributed by atoms with Crippen LogP contribution < -0.4 is 5.56 Å². The maximum atomic E-state index is 12.8. The molecule has 15 heavy (non-hydrogen) atoms. The lowest BCUT2D eigenvalue weighted by Gasteiger charge is -2.00. The van der Waals surface area contributed by atoms with E-state index in [1.165, 1.54) is 6.07 Å². The predicted molar refractivity (Wildman–Crippen MR) is 48.4 cm³/mol. The van der Waals surface area contributed by atoms with Crippen molar-refractivity contribution < 1.29 is 14.3 Å². The zero-order valence-electron chi connectivity index (χ0n) is 7.35. The maximum absolute atomic E-state index is 12.8. The van der Waals surface area contributed by atoms with Crippen molar-refractivity contribution in [2.75, 3.05) is 0 Å². The molecule has 0 bridgehead atoms. The first kappa shape index (κ1) is 9.32. The van der Waals surface area contributed by atoms with Crippen LogP contribution in [0, 0.1) is 5.82 Å². The summed E-state index contributed by atoms with van der Waals surface area (Å²) in [6.07, 6.45) is 0.955. The highest BCUT2D eigenvalue weighted by Crippen LogP contribution is 2.01. The first-order chi connectivity index (χ1) is 7.08. The van der Waals surface area contributed by atoms with Crippen molar-refractivity contribution in [1.82, 2.24) is 9.38 Å². The molecule has 2 rings (SSSR count). The third kappa shape index (κ3) is 1.56. The number of carbonyl (C=O) groups is 1. The molecule has 0 atom stereocenters. The van der Waals surface area contributed by atoms with Crippen LogP contribution in [0.1, 0.15) is 10.5 Å². The Bertz CT molecular complexity index is 606. The van der Waals surface area contributed by atoms with Gasteiger partial charge in [0.25, 0.3) is 5.56 Å². The van der Waals surface area contributed by atoms with E-state index >= 15 is 0 Å². The number of pyridine rings is 1. The molecular formula is C9H5FN2O3. The van der Waals surface area contributed by atoms with Crippen molar-refractivity contribution in [3.63, 3.8) is 0 Å². The summed E-state index contributed by atoms with van der Waals surface area (Å²) in [4.78, 5) is 25.6. The van der Waals surface area contributed by atoms with Gasteiger partial charge in [-0.2, -0.15) is 0 Å². The summed E-state index contributed by atoms with van der Waals surface area (Å²) in [7, 11) is 0. The zero-order valence-corrected chi connectivity index (χ0v) is 7.35. The Morgan fingerprint density at radius 1 is 1.47 bits per heavy atom. The number of nitrogens with zero attached hydrogens (tertiary/aromatic N) is 2. The molecular weight excluding hydrogens is 203 g/mol. The number of hydrogen-bond donors (Lipinski definition) is 1. The highest BCUT2D eigenvalue weighted by molar-refractivity contribution is 5.85. The number of halogens is 1. The minimum atomic E-state index is -1.29. The molecule has 0 spiro atoms. The number of aromatic carboxylic acids is 1. The van der Waals surface area contributed by atoms with Crippen molar-refractivity contribution >= 4 is 11.6 Å². The van der Waals surface area contributed by atoms with E-state index < -0.39 is 17.3 Å². The van der Waals surface area contributed by atoms with Gasteiger partial charge in [0.2, 0.25) is 0 Å². The van der Waals surface area contributed by atoms with Gasteiger partial charge in [-0.25, -0.2) is 14.2 Å². The minimum absolute atomic E-state index is 0.0984. The van der Waals surface area contributed by atoms with E-state index in [1.807, 2.05) is 0 Å². The third-order valence-corrected chi connectivity index (χ3v) is 1.84. The normalized spacial score (nSPS) is 10.5. The monoisotopic (exact) mass is 208 g/mol. The quantitative estimate of drug-likeness (QED) is 0.742. The molecule has 6 heteroatoms. The molecule has 0 aliphatic heterocycles. The molecule has 0 aliphatic rings. The molecule has 0 aliphatic carbocycles. The second-order valence-electron chi connectivity index (χ2n) is 2.86. The van der Waals surface area contributed by atoms with Gasteiger partial charge in [-0.05, 0) is 12.1 Å². The van der Waals surface area contributed by atoms with E-state index in [1.54, 1.807) is 0 Å². The maximum Gasteiger partial charge on any atom is 0.354 e. The largest absolute Gasteiger partial charge is 0.477 e. The van der Waals surface area contributed by atoms with E-state index in [0.29, 0.717) is 0 Å². The highest BCUT2D eigenvalue weighted by atomic mass is 19.1.